The summed E-state index contributed by atoms with van der Waals surface area (Å²) in [6.07, 6.45) is 2.31. The third-order valence-electron chi connectivity index (χ3n) is 7.23. The Balaban J connectivity index is 1.74. The monoisotopic (exact) mass is 435 g/mol. The molecule has 1 aromatic heterocycles. The lowest BCUT2D eigenvalue weighted by atomic mass is 9.78. The van der Waals surface area contributed by atoms with Crippen LogP contribution in [-0.4, -0.2) is 49.5 Å². The molecular weight excluding hydrogens is 405 g/mol. The fourth-order valence-electron chi connectivity index (χ4n) is 4.59. The molecule has 168 valence electrons. The molecule has 7 nitrogen and oxygen atoms in total. The van der Waals surface area contributed by atoms with Crippen molar-refractivity contribution in [2.75, 3.05) is 25.1 Å². The maximum atomic E-state index is 12.1. The van der Waals surface area contributed by atoms with E-state index in [1.807, 2.05) is 45.9 Å². The van der Waals surface area contributed by atoms with Gasteiger partial charge in [0.15, 0.2) is 0 Å². The molecule has 1 aromatic carbocycles. The van der Waals surface area contributed by atoms with E-state index >= 15 is 0 Å². The van der Waals surface area contributed by atoms with Crippen LogP contribution in [0.1, 0.15) is 46.6 Å². The number of carbonyl (C=O) groups is 1. The van der Waals surface area contributed by atoms with Gasteiger partial charge in [-0.05, 0) is 51.6 Å². The van der Waals surface area contributed by atoms with Gasteiger partial charge in [0.05, 0.1) is 41.0 Å². The lowest BCUT2D eigenvalue weighted by Crippen LogP contribution is -2.43. The quantitative estimate of drug-likeness (QED) is 0.541. The van der Waals surface area contributed by atoms with Crippen LogP contribution in [0.5, 0.6) is 0 Å². The SMILES string of the molecule is COC(=O)C1CCN(c2c(C#N)cnc3ccc(B4OC(C)(C)C(C)(C)O4)cc23)CC1C. The first-order valence-corrected chi connectivity index (χ1v) is 11.1. The molecule has 3 heterocycles. The summed E-state index contributed by atoms with van der Waals surface area (Å²) in [4.78, 5) is 18.8. The van der Waals surface area contributed by atoms with Gasteiger partial charge in [0.2, 0.25) is 0 Å². The van der Waals surface area contributed by atoms with Crippen LogP contribution in [0.4, 0.5) is 5.69 Å². The number of rotatable bonds is 3. The van der Waals surface area contributed by atoms with Gasteiger partial charge < -0.3 is 18.9 Å². The van der Waals surface area contributed by atoms with Gasteiger partial charge in [-0.1, -0.05) is 19.1 Å². The molecule has 4 rings (SSSR count). The van der Waals surface area contributed by atoms with Crippen molar-refractivity contribution in [2.24, 2.45) is 11.8 Å². The van der Waals surface area contributed by atoms with Crippen LogP contribution in [-0.2, 0) is 18.8 Å². The van der Waals surface area contributed by atoms with Crippen molar-refractivity contribution in [3.63, 3.8) is 0 Å². The number of methoxy groups -OCH3 is 1. The van der Waals surface area contributed by atoms with Crippen molar-refractivity contribution < 1.29 is 18.8 Å². The number of aromatic nitrogens is 1. The van der Waals surface area contributed by atoms with Crippen molar-refractivity contribution in [2.45, 2.75) is 52.2 Å². The Morgan fingerprint density at radius 1 is 1.28 bits per heavy atom. The molecule has 2 fully saturated rings. The highest BCUT2D eigenvalue weighted by molar-refractivity contribution is 6.62. The molecule has 0 spiro atoms. The molecule has 0 radical (unpaired) electrons. The number of nitrogens with zero attached hydrogens (tertiary/aromatic N) is 3. The molecule has 2 atom stereocenters. The van der Waals surface area contributed by atoms with E-state index in [0.717, 1.165) is 22.1 Å². The smallest absolute Gasteiger partial charge is 0.469 e. The standard InChI is InChI=1S/C24H30BN3O4/c1-15-14-28(10-9-18(15)22(29)30-6)21-16(12-26)13-27-20-8-7-17(11-19(20)21)25-31-23(2,3)24(4,5)32-25/h7-8,11,13,15,18H,9-10,14H2,1-6H3. The van der Waals surface area contributed by atoms with Crippen LogP contribution in [0.2, 0.25) is 0 Å². The molecule has 8 heteroatoms. The van der Waals surface area contributed by atoms with Gasteiger partial charge in [-0.3, -0.25) is 9.78 Å². The minimum absolute atomic E-state index is 0.109. The van der Waals surface area contributed by atoms with Gasteiger partial charge in [-0.2, -0.15) is 5.26 Å². The lowest BCUT2D eigenvalue weighted by Gasteiger charge is -2.37. The maximum Gasteiger partial charge on any atom is 0.494 e. The number of esters is 1. The highest BCUT2D eigenvalue weighted by Crippen LogP contribution is 2.38. The Labute approximate surface area is 189 Å². The van der Waals surface area contributed by atoms with Crippen LogP contribution in [0.25, 0.3) is 10.9 Å². The molecule has 32 heavy (non-hydrogen) atoms. The number of hydrogen-bond acceptors (Lipinski definition) is 7. The van der Waals surface area contributed by atoms with Crippen molar-refractivity contribution in [1.82, 2.24) is 4.98 Å². The highest BCUT2D eigenvalue weighted by Gasteiger charge is 2.51. The minimum atomic E-state index is -0.494. The zero-order chi connectivity index (χ0) is 23.3. The van der Waals surface area contributed by atoms with E-state index < -0.39 is 18.3 Å². The number of carbonyl (C=O) groups excluding carboxylic acids is 1. The van der Waals surface area contributed by atoms with Gasteiger partial charge in [0.25, 0.3) is 0 Å². The third kappa shape index (κ3) is 3.74. The number of anilines is 1. The van der Waals surface area contributed by atoms with E-state index in [2.05, 4.69) is 22.9 Å². The summed E-state index contributed by atoms with van der Waals surface area (Å²) in [5.41, 5.74) is 2.20. The Kier molecular flexibility index (Phi) is 5.68. The molecule has 2 aliphatic rings. The van der Waals surface area contributed by atoms with E-state index in [1.165, 1.54) is 7.11 Å². The van der Waals surface area contributed by atoms with Crippen LogP contribution < -0.4 is 10.4 Å². The zero-order valence-electron chi connectivity index (χ0n) is 19.6. The molecule has 2 unspecified atom stereocenters. The Hall–Kier alpha value is -2.63. The summed E-state index contributed by atoms with van der Waals surface area (Å²) >= 11 is 0. The van der Waals surface area contributed by atoms with Crippen LogP contribution >= 0.6 is 0 Å². The second-order valence-corrected chi connectivity index (χ2v) is 9.84. The minimum Gasteiger partial charge on any atom is -0.469 e. The first kappa shape index (κ1) is 22.6. The normalized spacial score (nSPS) is 24.4. The number of nitriles is 1. The summed E-state index contributed by atoms with van der Waals surface area (Å²) in [6, 6.07) is 8.25. The van der Waals surface area contributed by atoms with Crippen LogP contribution in [0.15, 0.2) is 24.4 Å². The zero-order valence-corrected chi connectivity index (χ0v) is 19.6. The number of hydrogen-bond donors (Lipinski definition) is 0. The molecule has 0 saturated carbocycles. The summed E-state index contributed by atoms with van der Waals surface area (Å²) in [5.74, 6) is -0.187. The summed E-state index contributed by atoms with van der Waals surface area (Å²) in [7, 11) is 0.940. The van der Waals surface area contributed by atoms with E-state index in [4.69, 9.17) is 14.0 Å². The molecular formula is C24H30BN3O4. The van der Waals surface area contributed by atoms with Crippen molar-refractivity contribution >= 4 is 35.1 Å². The summed E-state index contributed by atoms with van der Waals surface area (Å²) < 4.78 is 17.5. The van der Waals surface area contributed by atoms with Gasteiger partial charge in [0, 0.05) is 24.7 Å². The number of pyridine rings is 1. The van der Waals surface area contributed by atoms with Crippen LogP contribution in [0.3, 0.4) is 0 Å². The number of fused-ring (bicyclic) bond motifs is 1. The number of ether oxygens (including phenoxy) is 1. The Morgan fingerprint density at radius 2 is 1.97 bits per heavy atom. The largest absolute Gasteiger partial charge is 0.494 e. The van der Waals surface area contributed by atoms with Crippen molar-refractivity contribution in [3.05, 3.63) is 30.0 Å². The Bertz CT molecular complexity index is 1080. The lowest BCUT2D eigenvalue weighted by molar-refractivity contribution is -0.147. The van der Waals surface area contributed by atoms with Crippen molar-refractivity contribution in [1.29, 1.82) is 5.26 Å². The van der Waals surface area contributed by atoms with Gasteiger partial charge in [-0.15, -0.1) is 0 Å². The van der Waals surface area contributed by atoms with Gasteiger partial charge >= 0.3 is 13.1 Å². The van der Waals surface area contributed by atoms with E-state index in [0.29, 0.717) is 25.1 Å². The second-order valence-electron chi connectivity index (χ2n) is 9.84. The van der Waals surface area contributed by atoms with Crippen molar-refractivity contribution in [3.8, 4) is 6.07 Å². The molecule has 0 N–H and O–H groups in total. The first-order chi connectivity index (χ1) is 15.1. The Morgan fingerprint density at radius 3 is 2.56 bits per heavy atom. The predicted octanol–water partition coefficient (Wildman–Crippen LogP) is 3.04. The molecule has 0 aliphatic carbocycles. The topological polar surface area (TPSA) is 84.7 Å². The second kappa shape index (κ2) is 8.06. The van der Waals surface area contributed by atoms with Gasteiger partial charge in [-0.25, -0.2) is 0 Å². The van der Waals surface area contributed by atoms with E-state index in [-0.39, 0.29) is 17.8 Å². The summed E-state index contributed by atoms with van der Waals surface area (Å²) in [6.45, 7) is 11.5. The van der Waals surface area contributed by atoms with Gasteiger partial charge in [0.1, 0.15) is 6.07 Å². The van der Waals surface area contributed by atoms with E-state index in [1.54, 1.807) is 6.20 Å². The highest BCUT2D eigenvalue weighted by atomic mass is 16.7. The molecule has 2 aliphatic heterocycles. The molecule has 2 aromatic rings. The molecule has 0 bridgehead atoms. The predicted molar refractivity (Wildman–Crippen MR) is 124 cm³/mol. The fraction of sp³-hybridized carbons (Fsp3) is 0.542. The fourth-order valence-corrected chi connectivity index (χ4v) is 4.59. The summed E-state index contributed by atoms with van der Waals surface area (Å²) in [5, 5.41) is 10.7. The third-order valence-corrected chi connectivity index (χ3v) is 7.23. The van der Waals surface area contributed by atoms with Crippen LogP contribution in [0, 0.1) is 23.2 Å². The number of piperidine rings is 1. The van der Waals surface area contributed by atoms with E-state index in [9.17, 15) is 10.1 Å². The number of benzene rings is 1. The average Bonchev–Trinajstić information content (AvgIpc) is 2.98. The average molecular weight is 435 g/mol. The molecule has 0 amide bonds. The first-order valence-electron chi connectivity index (χ1n) is 11.1. The molecule has 2 saturated heterocycles. The maximum absolute atomic E-state index is 12.1.